The first-order valence-corrected chi connectivity index (χ1v) is 4.43. The molecule has 0 bridgehead atoms. The van der Waals surface area contributed by atoms with Crippen LogP contribution in [0.3, 0.4) is 0 Å². The third-order valence-electron chi connectivity index (χ3n) is 1.67. The molecule has 1 rings (SSSR count). The second-order valence-electron chi connectivity index (χ2n) is 2.76. The fourth-order valence-electron chi connectivity index (χ4n) is 0.895. The van der Waals surface area contributed by atoms with E-state index in [1.807, 2.05) is 0 Å². The molecule has 0 atom stereocenters. The molecule has 0 aliphatic heterocycles. The molecule has 1 heterocycles. The third kappa shape index (κ3) is 3.04. The van der Waals surface area contributed by atoms with Crippen molar-refractivity contribution in [3.8, 4) is 0 Å². The average molecular weight is 212 g/mol. The molecule has 15 heavy (non-hydrogen) atoms. The summed E-state index contributed by atoms with van der Waals surface area (Å²) in [6, 6.07) is 0. The Morgan fingerprint density at radius 2 is 2.33 bits per heavy atom. The zero-order chi connectivity index (χ0) is 11.3. The van der Waals surface area contributed by atoms with Crippen LogP contribution in [-0.2, 0) is 27.9 Å². The highest BCUT2D eigenvalue weighted by Crippen LogP contribution is 1.90. The number of amides is 1. The lowest BCUT2D eigenvalue weighted by molar-refractivity contribution is -0.154. The number of hydrogen-bond donors (Lipinski definition) is 1. The monoisotopic (exact) mass is 212 g/mol. The van der Waals surface area contributed by atoms with Crippen LogP contribution in [0.25, 0.3) is 0 Å². The fraction of sp³-hybridized carbons (Fsp3) is 0.500. The van der Waals surface area contributed by atoms with Crippen LogP contribution in [0.5, 0.6) is 0 Å². The number of nitrogens with zero attached hydrogens (tertiary/aromatic N) is 3. The number of esters is 1. The van der Waals surface area contributed by atoms with Gasteiger partial charge in [-0.2, -0.15) is 0 Å². The van der Waals surface area contributed by atoms with Crippen LogP contribution in [0.4, 0.5) is 0 Å². The van der Waals surface area contributed by atoms with E-state index in [0.717, 1.165) is 0 Å². The van der Waals surface area contributed by atoms with Gasteiger partial charge in [0.15, 0.2) is 5.82 Å². The summed E-state index contributed by atoms with van der Waals surface area (Å²) in [7, 11) is 1.74. The molecule has 0 fully saturated rings. The van der Waals surface area contributed by atoms with Crippen molar-refractivity contribution in [1.82, 2.24) is 20.1 Å². The first kappa shape index (κ1) is 11.2. The minimum absolute atomic E-state index is 0.147. The van der Waals surface area contributed by atoms with Crippen molar-refractivity contribution in [2.45, 2.75) is 13.5 Å². The number of carbonyl (C=O) groups excluding carboxylic acids is 2. The normalized spacial score (nSPS) is 9.73. The maximum Gasteiger partial charge on any atom is 0.396 e. The van der Waals surface area contributed by atoms with Crippen molar-refractivity contribution < 1.29 is 14.3 Å². The van der Waals surface area contributed by atoms with Gasteiger partial charge in [-0.25, -0.2) is 4.79 Å². The number of carbonyl (C=O) groups is 2. The van der Waals surface area contributed by atoms with Crippen LogP contribution in [0, 0.1) is 0 Å². The highest BCUT2D eigenvalue weighted by atomic mass is 16.5. The summed E-state index contributed by atoms with van der Waals surface area (Å²) in [6.07, 6.45) is 1.51. The molecule has 1 aromatic rings. The molecule has 0 unspecified atom stereocenters. The van der Waals surface area contributed by atoms with Crippen molar-refractivity contribution in [3.63, 3.8) is 0 Å². The van der Waals surface area contributed by atoms with Crippen molar-refractivity contribution >= 4 is 11.9 Å². The number of nitrogens with one attached hydrogen (secondary N) is 1. The van der Waals surface area contributed by atoms with E-state index >= 15 is 0 Å². The Kier molecular flexibility index (Phi) is 3.78. The Hall–Kier alpha value is -1.92. The van der Waals surface area contributed by atoms with E-state index in [1.165, 1.54) is 6.33 Å². The Balaban J connectivity index is 2.41. The smallest absolute Gasteiger partial charge is 0.396 e. The summed E-state index contributed by atoms with van der Waals surface area (Å²) in [6.45, 7) is 1.96. The summed E-state index contributed by atoms with van der Waals surface area (Å²) < 4.78 is 6.15. The number of aryl methyl sites for hydroxylation is 1. The van der Waals surface area contributed by atoms with Crippen molar-refractivity contribution in [2.24, 2.45) is 7.05 Å². The molecular weight excluding hydrogens is 200 g/mol. The third-order valence-corrected chi connectivity index (χ3v) is 1.67. The van der Waals surface area contributed by atoms with Gasteiger partial charge in [0.05, 0.1) is 13.2 Å². The van der Waals surface area contributed by atoms with Crippen LogP contribution < -0.4 is 5.32 Å². The molecule has 1 aromatic heterocycles. The number of aromatic nitrogens is 3. The highest BCUT2D eigenvalue weighted by Gasteiger charge is 2.14. The lowest BCUT2D eigenvalue weighted by atomic mass is 10.5. The predicted molar refractivity (Wildman–Crippen MR) is 49.5 cm³/mol. The summed E-state index contributed by atoms with van der Waals surface area (Å²) in [5.74, 6) is -1.10. The standard InChI is InChI=1S/C8H12N4O3/c1-3-15-8(14)7(13)9-4-6-11-10-5-12(6)2/h5H,3-4H2,1-2H3,(H,9,13). The average Bonchev–Trinajstić information content (AvgIpc) is 2.61. The Labute approximate surface area is 86.4 Å². The molecule has 82 valence electrons. The van der Waals surface area contributed by atoms with Gasteiger partial charge in [0.25, 0.3) is 0 Å². The molecule has 0 aliphatic carbocycles. The van der Waals surface area contributed by atoms with Gasteiger partial charge in [-0.1, -0.05) is 0 Å². The van der Waals surface area contributed by atoms with Gasteiger partial charge in [-0.3, -0.25) is 4.79 Å². The first-order valence-electron chi connectivity index (χ1n) is 4.43. The Morgan fingerprint density at radius 3 is 2.87 bits per heavy atom. The van der Waals surface area contributed by atoms with Crippen molar-refractivity contribution in [1.29, 1.82) is 0 Å². The molecule has 0 saturated carbocycles. The lowest BCUT2D eigenvalue weighted by Gasteiger charge is -2.03. The highest BCUT2D eigenvalue weighted by molar-refractivity contribution is 6.32. The second kappa shape index (κ2) is 5.08. The minimum atomic E-state index is -0.889. The SMILES string of the molecule is CCOC(=O)C(=O)NCc1nncn1C. The number of hydrogen-bond acceptors (Lipinski definition) is 5. The van der Waals surface area contributed by atoms with Crippen LogP contribution in [-0.4, -0.2) is 33.2 Å². The predicted octanol–water partition coefficient (Wildman–Crippen LogP) is -1.01. The van der Waals surface area contributed by atoms with Crippen LogP contribution in [0.15, 0.2) is 6.33 Å². The molecule has 0 aromatic carbocycles. The maximum absolute atomic E-state index is 11.1. The Bertz CT molecular complexity index is 361. The fourth-order valence-corrected chi connectivity index (χ4v) is 0.895. The van der Waals surface area contributed by atoms with Gasteiger partial charge < -0.3 is 14.6 Å². The number of ether oxygens (including phenoxy) is 1. The topological polar surface area (TPSA) is 86.1 Å². The van der Waals surface area contributed by atoms with Crippen LogP contribution >= 0.6 is 0 Å². The minimum Gasteiger partial charge on any atom is -0.459 e. The molecule has 0 aliphatic rings. The largest absolute Gasteiger partial charge is 0.459 e. The van der Waals surface area contributed by atoms with Crippen LogP contribution in [0.2, 0.25) is 0 Å². The van der Waals surface area contributed by atoms with E-state index in [2.05, 4.69) is 20.3 Å². The Morgan fingerprint density at radius 1 is 1.60 bits per heavy atom. The summed E-state index contributed by atoms with van der Waals surface area (Å²) in [4.78, 5) is 22.0. The molecule has 7 heteroatoms. The van der Waals surface area contributed by atoms with E-state index in [0.29, 0.717) is 5.82 Å². The molecule has 7 nitrogen and oxygen atoms in total. The van der Waals surface area contributed by atoms with E-state index in [4.69, 9.17) is 0 Å². The second-order valence-corrected chi connectivity index (χ2v) is 2.76. The van der Waals surface area contributed by atoms with E-state index < -0.39 is 11.9 Å². The van der Waals surface area contributed by atoms with E-state index in [9.17, 15) is 9.59 Å². The molecule has 1 N–H and O–H groups in total. The van der Waals surface area contributed by atoms with E-state index in [-0.39, 0.29) is 13.2 Å². The molecule has 1 amide bonds. The lowest BCUT2D eigenvalue weighted by Crippen LogP contribution is -2.32. The van der Waals surface area contributed by atoms with Gasteiger partial charge in [0.1, 0.15) is 6.33 Å². The number of rotatable bonds is 3. The van der Waals surface area contributed by atoms with E-state index in [1.54, 1.807) is 18.5 Å². The molecule has 0 saturated heterocycles. The van der Waals surface area contributed by atoms with Gasteiger partial charge in [-0.05, 0) is 6.92 Å². The van der Waals surface area contributed by atoms with Gasteiger partial charge in [0.2, 0.25) is 0 Å². The summed E-state index contributed by atoms with van der Waals surface area (Å²) in [5, 5.41) is 9.74. The maximum atomic E-state index is 11.1. The zero-order valence-corrected chi connectivity index (χ0v) is 8.56. The van der Waals surface area contributed by atoms with Crippen molar-refractivity contribution in [3.05, 3.63) is 12.2 Å². The first-order chi connectivity index (χ1) is 7.15. The molecular formula is C8H12N4O3. The molecule has 0 spiro atoms. The van der Waals surface area contributed by atoms with Gasteiger partial charge in [-0.15, -0.1) is 10.2 Å². The quantitative estimate of drug-likeness (QED) is 0.512. The van der Waals surface area contributed by atoms with Gasteiger partial charge in [0, 0.05) is 7.05 Å². The summed E-state index contributed by atoms with van der Waals surface area (Å²) >= 11 is 0. The molecule has 0 radical (unpaired) electrons. The summed E-state index contributed by atoms with van der Waals surface area (Å²) in [5.41, 5.74) is 0. The zero-order valence-electron chi connectivity index (χ0n) is 8.56. The van der Waals surface area contributed by atoms with Gasteiger partial charge >= 0.3 is 11.9 Å². The van der Waals surface area contributed by atoms with Crippen molar-refractivity contribution in [2.75, 3.05) is 6.61 Å². The van der Waals surface area contributed by atoms with Crippen LogP contribution in [0.1, 0.15) is 12.7 Å².